The van der Waals surface area contributed by atoms with Crippen LogP contribution in [0.5, 0.6) is 0 Å². The third-order valence-corrected chi connectivity index (χ3v) is 7.64. The molecule has 0 saturated carbocycles. The van der Waals surface area contributed by atoms with E-state index in [4.69, 9.17) is 10.7 Å². The van der Waals surface area contributed by atoms with Crippen molar-refractivity contribution in [1.29, 1.82) is 0 Å². The average Bonchev–Trinajstić information content (AvgIpc) is 2.99. The van der Waals surface area contributed by atoms with E-state index in [9.17, 15) is 0 Å². The lowest BCUT2D eigenvalue weighted by molar-refractivity contribution is 0.0730. The fourth-order valence-electron chi connectivity index (χ4n) is 4.96. The van der Waals surface area contributed by atoms with Crippen LogP contribution < -0.4 is 5.73 Å². The molecule has 0 saturated heterocycles. The Morgan fingerprint density at radius 2 is 1.51 bits per heavy atom. The minimum atomic E-state index is -0.0465. The van der Waals surface area contributed by atoms with Gasteiger partial charge in [-0.15, -0.1) is 0 Å². The molecule has 182 valence electrons. The molecule has 0 amide bonds. The van der Waals surface area contributed by atoms with E-state index in [-0.39, 0.29) is 11.1 Å². The molecule has 4 rings (SSSR count). The van der Waals surface area contributed by atoms with Gasteiger partial charge < -0.3 is 5.73 Å². The summed E-state index contributed by atoms with van der Waals surface area (Å²) in [5.41, 5.74) is 14.0. The number of rotatable bonds is 4. The number of hydrogen-bond acceptors (Lipinski definition) is 3. The normalized spacial score (nSPS) is 17.6. The first-order chi connectivity index (χ1) is 16.5. The number of aliphatic imine (C=N–C) groups is 2. The summed E-state index contributed by atoms with van der Waals surface area (Å²) in [4.78, 5) is 16.1. The Labute approximate surface area is 209 Å². The average molecular weight is 468 g/mol. The molecule has 2 N–H and O–H groups in total. The van der Waals surface area contributed by atoms with E-state index in [0.29, 0.717) is 17.6 Å². The van der Waals surface area contributed by atoms with Gasteiger partial charge in [-0.05, 0) is 75.5 Å². The Kier molecular flexibility index (Phi) is 6.41. The highest BCUT2D eigenvalue weighted by Gasteiger charge is 2.46. The predicted octanol–water partition coefficient (Wildman–Crippen LogP) is 6.07. The molecule has 0 fully saturated rings. The zero-order valence-corrected chi connectivity index (χ0v) is 22.2. The number of aromatic nitrogens is 1. The van der Waals surface area contributed by atoms with Gasteiger partial charge in [0, 0.05) is 41.0 Å². The monoisotopic (exact) mass is 467 g/mol. The maximum atomic E-state index is 6.35. The number of benzene rings is 2. The molecule has 35 heavy (non-hydrogen) atoms. The first kappa shape index (κ1) is 24.8. The van der Waals surface area contributed by atoms with E-state index in [1.165, 1.54) is 16.7 Å². The Morgan fingerprint density at radius 1 is 0.886 bits per heavy atom. The highest BCUT2D eigenvalue weighted by Crippen LogP contribution is 2.48. The summed E-state index contributed by atoms with van der Waals surface area (Å²) >= 11 is 0. The highest BCUT2D eigenvalue weighted by molar-refractivity contribution is 6.10. The van der Waals surface area contributed by atoms with Crippen molar-refractivity contribution in [1.82, 2.24) is 9.88 Å². The first-order valence-electron chi connectivity index (χ1n) is 12.2. The first-order valence-corrected chi connectivity index (χ1v) is 12.2. The summed E-state index contributed by atoms with van der Waals surface area (Å²) in [6.45, 7) is 13.5. The third-order valence-electron chi connectivity index (χ3n) is 7.64. The number of nitrogens with zero attached hydrogens (tertiary/aromatic N) is 4. The van der Waals surface area contributed by atoms with E-state index in [2.05, 4.69) is 93.8 Å². The van der Waals surface area contributed by atoms with Crippen LogP contribution in [0.15, 0.2) is 70.8 Å². The van der Waals surface area contributed by atoms with Gasteiger partial charge in [-0.3, -0.25) is 14.9 Å². The van der Waals surface area contributed by atoms with E-state index in [1.807, 2.05) is 24.3 Å². The quantitative estimate of drug-likeness (QED) is 0.374. The molecule has 1 aromatic heterocycles. The Bertz CT molecular complexity index is 1280. The van der Waals surface area contributed by atoms with Crippen molar-refractivity contribution in [2.24, 2.45) is 15.7 Å². The standard InChI is InChI=1S/C30H37N5/c1-19(2)20-9-11-21(12-10-20)28(32-7)34-27(31)23-14-16-26(33-18-23)22-13-15-24-25(17-22)30(5,6)35(8)29(24,3)4/h9-19H,1-8H3,(H2,31,32,34). The largest absolute Gasteiger partial charge is 0.383 e. The van der Waals surface area contributed by atoms with Gasteiger partial charge >= 0.3 is 0 Å². The lowest BCUT2D eigenvalue weighted by Gasteiger charge is -2.37. The fraction of sp³-hybridized carbons (Fsp3) is 0.367. The molecule has 0 radical (unpaired) electrons. The molecule has 3 aromatic rings. The van der Waals surface area contributed by atoms with Crippen LogP contribution in [-0.4, -0.2) is 35.7 Å². The summed E-state index contributed by atoms with van der Waals surface area (Å²) in [6, 6.07) is 19.0. The predicted molar refractivity (Wildman–Crippen MR) is 147 cm³/mol. The number of pyridine rings is 1. The molecule has 2 heterocycles. The van der Waals surface area contributed by atoms with Crippen molar-refractivity contribution in [3.05, 3.63) is 88.6 Å². The second kappa shape index (κ2) is 9.04. The fourth-order valence-corrected chi connectivity index (χ4v) is 4.96. The summed E-state index contributed by atoms with van der Waals surface area (Å²) in [6.07, 6.45) is 1.79. The Hall–Kier alpha value is -3.31. The molecule has 2 aromatic carbocycles. The van der Waals surface area contributed by atoms with Gasteiger partial charge in [-0.2, -0.15) is 0 Å². The summed E-state index contributed by atoms with van der Waals surface area (Å²) in [5, 5.41) is 0. The van der Waals surface area contributed by atoms with Gasteiger partial charge in [0.15, 0.2) is 5.84 Å². The molecule has 0 spiro atoms. The maximum absolute atomic E-state index is 6.35. The topological polar surface area (TPSA) is 66.9 Å². The van der Waals surface area contributed by atoms with Gasteiger partial charge in [-0.25, -0.2) is 4.99 Å². The van der Waals surface area contributed by atoms with Crippen LogP contribution in [-0.2, 0) is 11.1 Å². The van der Waals surface area contributed by atoms with Crippen molar-refractivity contribution in [2.45, 2.75) is 58.5 Å². The van der Waals surface area contributed by atoms with E-state index < -0.39 is 0 Å². The molecule has 1 aliphatic heterocycles. The van der Waals surface area contributed by atoms with E-state index in [0.717, 1.165) is 22.4 Å². The molecular formula is C30H37N5. The number of hydrogen-bond donors (Lipinski definition) is 1. The second-order valence-corrected chi connectivity index (χ2v) is 10.7. The summed E-state index contributed by atoms with van der Waals surface area (Å²) in [7, 11) is 3.93. The maximum Gasteiger partial charge on any atom is 0.156 e. The van der Waals surface area contributed by atoms with Crippen molar-refractivity contribution >= 4 is 11.7 Å². The SMILES string of the molecule is CN=C(N=C(N)c1ccc(-c2ccc3c(c2)C(C)(C)N(C)C3(C)C)nc1)c1ccc(C(C)C)cc1. The van der Waals surface area contributed by atoms with Crippen molar-refractivity contribution in [2.75, 3.05) is 14.1 Å². The zero-order valence-electron chi connectivity index (χ0n) is 22.2. The molecule has 0 unspecified atom stereocenters. The van der Waals surface area contributed by atoms with Crippen molar-refractivity contribution in [3.8, 4) is 11.3 Å². The van der Waals surface area contributed by atoms with Crippen LogP contribution in [0.1, 0.15) is 75.3 Å². The van der Waals surface area contributed by atoms with Crippen molar-refractivity contribution in [3.63, 3.8) is 0 Å². The van der Waals surface area contributed by atoms with Gasteiger partial charge in [-0.1, -0.05) is 50.2 Å². The van der Waals surface area contributed by atoms with Crippen LogP contribution in [0.25, 0.3) is 11.3 Å². The Balaban J connectivity index is 1.60. The van der Waals surface area contributed by atoms with Crippen LogP contribution in [0.2, 0.25) is 0 Å². The van der Waals surface area contributed by atoms with Crippen LogP contribution >= 0.6 is 0 Å². The summed E-state index contributed by atoms with van der Waals surface area (Å²) in [5.74, 6) is 1.49. The number of amidine groups is 2. The third kappa shape index (κ3) is 4.41. The number of nitrogens with two attached hydrogens (primary N) is 1. The number of fused-ring (bicyclic) bond motifs is 1. The Morgan fingerprint density at radius 3 is 2.09 bits per heavy atom. The van der Waals surface area contributed by atoms with Gasteiger partial charge in [0.1, 0.15) is 5.84 Å². The van der Waals surface area contributed by atoms with Crippen LogP contribution in [0.3, 0.4) is 0 Å². The van der Waals surface area contributed by atoms with Crippen molar-refractivity contribution < 1.29 is 0 Å². The minimum Gasteiger partial charge on any atom is -0.383 e. The van der Waals surface area contributed by atoms with E-state index >= 15 is 0 Å². The molecular weight excluding hydrogens is 430 g/mol. The molecule has 0 aliphatic carbocycles. The van der Waals surface area contributed by atoms with Gasteiger partial charge in [0.2, 0.25) is 0 Å². The summed E-state index contributed by atoms with van der Waals surface area (Å²) < 4.78 is 0. The zero-order chi connectivity index (χ0) is 25.5. The lowest BCUT2D eigenvalue weighted by Crippen LogP contribution is -2.42. The highest BCUT2D eigenvalue weighted by atomic mass is 15.2. The molecule has 5 nitrogen and oxygen atoms in total. The van der Waals surface area contributed by atoms with Gasteiger partial charge in [0.25, 0.3) is 0 Å². The molecule has 1 aliphatic rings. The van der Waals surface area contributed by atoms with E-state index in [1.54, 1.807) is 13.2 Å². The lowest BCUT2D eigenvalue weighted by atomic mass is 9.88. The molecule has 5 heteroatoms. The second-order valence-electron chi connectivity index (χ2n) is 10.7. The van der Waals surface area contributed by atoms with Gasteiger partial charge in [0.05, 0.1) is 5.69 Å². The molecule has 0 bridgehead atoms. The van der Waals surface area contributed by atoms with Crippen LogP contribution in [0, 0.1) is 0 Å². The van der Waals surface area contributed by atoms with Crippen LogP contribution in [0.4, 0.5) is 0 Å². The molecule has 0 atom stereocenters. The smallest absolute Gasteiger partial charge is 0.156 e. The minimum absolute atomic E-state index is 0.00673.